The number of alkyl halides is 2. The van der Waals surface area contributed by atoms with Gasteiger partial charge in [0.2, 0.25) is 6.43 Å². The van der Waals surface area contributed by atoms with Crippen molar-refractivity contribution in [2.75, 3.05) is 0 Å². The van der Waals surface area contributed by atoms with Crippen molar-refractivity contribution in [2.45, 2.75) is 47.0 Å². The van der Waals surface area contributed by atoms with E-state index in [0.717, 1.165) is 12.0 Å². The van der Waals surface area contributed by atoms with Crippen molar-refractivity contribution >= 4 is 0 Å². The van der Waals surface area contributed by atoms with Gasteiger partial charge < -0.3 is 0 Å². The van der Waals surface area contributed by atoms with Crippen molar-refractivity contribution in [3.05, 3.63) is 12.2 Å². The number of allylic oxidation sites excluding steroid dienone is 1. The first-order chi connectivity index (χ1) is 5.77. The predicted molar refractivity (Wildman–Crippen MR) is 53.0 cm³/mol. The molecule has 0 amide bonds. The van der Waals surface area contributed by atoms with E-state index in [1.165, 1.54) is 0 Å². The van der Waals surface area contributed by atoms with Gasteiger partial charge in [-0.25, -0.2) is 8.78 Å². The lowest BCUT2D eigenvalue weighted by molar-refractivity contribution is 0.0112. The fraction of sp³-hybridized carbons (Fsp3) is 0.818. The fourth-order valence-electron chi connectivity index (χ4n) is 0.944. The quantitative estimate of drug-likeness (QED) is 0.568. The third kappa shape index (κ3) is 4.39. The van der Waals surface area contributed by atoms with E-state index in [1.807, 2.05) is 13.8 Å². The molecule has 0 aromatic carbocycles. The van der Waals surface area contributed by atoms with E-state index in [1.54, 1.807) is 13.8 Å². The summed E-state index contributed by atoms with van der Waals surface area (Å²) >= 11 is 0. The van der Waals surface area contributed by atoms with Gasteiger partial charge in [-0.3, -0.25) is 0 Å². The molecule has 78 valence electrons. The minimum absolute atomic E-state index is 0.345. The van der Waals surface area contributed by atoms with Crippen LogP contribution in [0, 0.1) is 11.3 Å². The van der Waals surface area contributed by atoms with Gasteiger partial charge in [-0.2, -0.15) is 0 Å². The van der Waals surface area contributed by atoms with Gasteiger partial charge in [-0.15, -0.1) is 0 Å². The Morgan fingerprint density at radius 1 is 1.38 bits per heavy atom. The van der Waals surface area contributed by atoms with Gasteiger partial charge >= 0.3 is 0 Å². The highest BCUT2D eigenvalue weighted by Crippen LogP contribution is 2.32. The molecule has 0 fully saturated rings. The highest BCUT2D eigenvalue weighted by Gasteiger charge is 2.29. The van der Waals surface area contributed by atoms with E-state index in [-0.39, 0.29) is 0 Å². The van der Waals surface area contributed by atoms with Crippen LogP contribution in [0.4, 0.5) is 8.78 Å². The Morgan fingerprint density at radius 2 is 1.85 bits per heavy atom. The van der Waals surface area contributed by atoms with Crippen LogP contribution >= 0.6 is 0 Å². The maximum atomic E-state index is 12.4. The number of hydrogen-bond donors (Lipinski definition) is 0. The molecule has 0 N–H and O–H groups in total. The standard InChI is InChI=1S/C11H20F2/c1-8(2)9(3)6-7-11(4,5)10(12)13/h9-10H,1,6-7H2,2-5H3/t9-/m0/s1. The summed E-state index contributed by atoms with van der Waals surface area (Å²) in [5.74, 6) is 0.345. The SMILES string of the molecule is C=C(C)[C@@H](C)CCC(C)(C)C(F)F. The molecule has 0 aromatic rings. The van der Waals surface area contributed by atoms with Crippen LogP contribution in [0.1, 0.15) is 40.5 Å². The summed E-state index contributed by atoms with van der Waals surface area (Å²) in [6, 6.07) is 0. The fourth-order valence-corrected chi connectivity index (χ4v) is 0.944. The summed E-state index contributed by atoms with van der Waals surface area (Å²) in [6.45, 7) is 11.0. The highest BCUT2D eigenvalue weighted by atomic mass is 19.3. The Labute approximate surface area is 80.0 Å². The molecular formula is C11H20F2. The Morgan fingerprint density at radius 3 is 2.15 bits per heavy atom. The van der Waals surface area contributed by atoms with E-state index in [0.29, 0.717) is 12.3 Å². The molecule has 0 heterocycles. The van der Waals surface area contributed by atoms with Crippen molar-refractivity contribution in [3.63, 3.8) is 0 Å². The molecule has 2 heteroatoms. The summed E-state index contributed by atoms with van der Waals surface area (Å²) in [6.07, 6.45) is -0.879. The second-order valence-corrected chi connectivity index (χ2v) is 4.58. The summed E-state index contributed by atoms with van der Waals surface area (Å²) < 4.78 is 24.9. The van der Waals surface area contributed by atoms with Gasteiger partial charge in [0.15, 0.2) is 0 Å². The van der Waals surface area contributed by atoms with Gasteiger partial charge in [0.25, 0.3) is 0 Å². The molecule has 0 rings (SSSR count). The van der Waals surface area contributed by atoms with Crippen molar-refractivity contribution in [1.29, 1.82) is 0 Å². The van der Waals surface area contributed by atoms with Crippen molar-refractivity contribution in [1.82, 2.24) is 0 Å². The summed E-state index contributed by atoms with van der Waals surface area (Å²) in [5, 5.41) is 0. The second-order valence-electron chi connectivity index (χ2n) is 4.58. The van der Waals surface area contributed by atoms with Gasteiger partial charge in [0.05, 0.1) is 0 Å². The van der Waals surface area contributed by atoms with Crippen LogP contribution in [-0.2, 0) is 0 Å². The molecule has 0 radical (unpaired) electrons. The van der Waals surface area contributed by atoms with Crippen molar-refractivity contribution in [3.8, 4) is 0 Å². The van der Waals surface area contributed by atoms with Crippen molar-refractivity contribution < 1.29 is 8.78 Å². The van der Waals surface area contributed by atoms with Crippen LogP contribution in [0.15, 0.2) is 12.2 Å². The molecule has 0 unspecified atom stereocenters. The van der Waals surface area contributed by atoms with Crippen LogP contribution in [0.2, 0.25) is 0 Å². The van der Waals surface area contributed by atoms with Crippen LogP contribution < -0.4 is 0 Å². The van der Waals surface area contributed by atoms with Gasteiger partial charge in [-0.05, 0) is 25.7 Å². The van der Waals surface area contributed by atoms with Crippen LogP contribution in [0.25, 0.3) is 0 Å². The van der Waals surface area contributed by atoms with E-state index < -0.39 is 11.8 Å². The van der Waals surface area contributed by atoms with Gasteiger partial charge in [0, 0.05) is 5.41 Å². The summed E-state index contributed by atoms with van der Waals surface area (Å²) in [4.78, 5) is 0. The summed E-state index contributed by atoms with van der Waals surface area (Å²) in [5.41, 5.74) is 0.217. The van der Waals surface area contributed by atoms with E-state index in [2.05, 4.69) is 6.58 Å². The Kier molecular flexibility index (Phi) is 4.58. The lowest BCUT2D eigenvalue weighted by Crippen LogP contribution is -2.22. The average Bonchev–Trinajstić information content (AvgIpc) is 1.99. The zero-order valence-corrected chi connectivity index (χ0v) is 9.03. The average molecular weight is 190 g/mol. The summed E-state index contributed by atoms with van der Waals surface area (Å²) in [7, 11) is 0. The topological polar surface area (TPSA) is 0 Å². The zero-order chi connectivity index (χ0) is 10.6. The van der Waals surface area contributed by atoms with Crippen molar-refractivity contribution in [2.24, 2.45) is 11.3 Å². The molecule has 0 aliphatic carbocycles. The first-order valence-electron chi connectivity index (χ1n) is 4.71. The van der Waals surface area contributed by atoms with E-state index in [4.69, 9.17) is 0 Å². The smallest absolute Gasteiger partial charge is 0.210 e. The minimum atomic E-state index is -2.23. The van der Waals surface area contributed by atoms with Crippen LogP contribution in [-0.4, -0.2) is 6.43 Å². The normalized spacial score (nSPS) is 14.7. The zero-order valence-electron chi connectivity index (χ0n) is 9.03. The molecule has 0 aromatic heterocycles. The molecule has 0 spiro atoms. The van der Waals surface area contributed by atoms with Gasteiger partial charge in [-0.1, -0.05) is 32.9 Å². The molecule has 0 saturated heterocycles. The molecule has 0 bridgehead atoms. The highest BCUT2D eigenvalue weighted by molar-refractivity contribution is 4.94. The number of halogens is 2. The Balaban J connectivity index is 3.95. The largest absolute Gasteiger partial charge is 0.243 e. The number of rotatable bonds is 5. The van der Waals surface area contributed by atoms with Crippen LogP contribution in [0.3, 0.4) is 0 Å². The monoisotopic (exact) mass is 190 g/mol. The predicted octanol–water partition coefficient (Wildman–Crippen LogP) is 4.27. The van der Waals surface area contributed by atoms with Crippen LogP contribution in [0.5, 0.6) is 0 Å². The molecule has 13 heavy (non-hydrogen) atoms. The number of hydrogen-bond acceptors (Lipinski definition) is 0. The third-order valence-corrected chi connectivity index (χ3v) is 2.65. The lowest BCUT2D eigenvalue weighted by atomic mass is 9.84. The molecule has 0 nitrogen and oxygen atoms in total. The minimum Gasteiger partial charge on any atom is -0.210 e. The molecule has 0 aliphatic heterocycles. The first kappa shape index (κ1) is 12.6. The molecule has 0 saturated carbocycles. The molecular weight excluding hydrogens is 170 g/mol. The third-order valence-electron chi connectivity index (χ3n) is 2.65. The maximum absolute atomic E-state index is 12.4. The molecule has 0 aliphatic rings. The van der Waals surface area contributed by atoms with E-state index in [9.17, 15) is 8.78 Å². The van der Waals surface area contributed by atoms with E-state index >= 15 is 0 Å². The first-order valence-corrected chi connectivity index (χ1v) is 4.71. The Bertz CT molecular complexity index is 171. The lowest BCUT2D eigenvalue weighted by Gasteiger charge is -2.25. The van der Waals surface area contributed by atoms with Gasteiger partial charge in [0.1, 0.15) is 0 Å². The maximum Gasteiger partial charge on any atom is 0.243 e. The second kappa shape index (κ2) is 4.73. The molecule has 1 atom stereocenters. The Hall–Kier alpha value is -0.400.